The van der Waals surface area contributed by atoms with Gasteiger partial charge in [-0.2, -0.15) is 0 Å². The summed E-state index contributed by atoms with van der Waals surface area (Å²) in [6.45, 7) is 0.269. The van der Waals surface area contributed by atoms with Gasteiger partial charge in [-0.05, 0) is 23.6 Å². The molecule has 0 aliphatic carbocycles. The molecule has 0 heterocycles. The molecule has 0 saturated carbocycles. The van der Waals surface area contributed by atoms with E-state index in [2.05, 4.69) is 10.1 Å². The topological polar surface area (TPSA) is 55.4 Å². The van der Waals surface area contributed by atoms with Crippen LogP contribution in [0, 0.1) is 0 Å². The van der Waals surface area contributed by atoms with Crippen LogP contribution in [0.3, 0.4) is 0 Å². The van der Waals surface area contributed by atoms with E-state index < -0.39 is 0 Å². The van der Waals surface area contributed by atoms with Crippen molar-refractivity contribution in [2.75, 3.05) is 13.7 Å². The van der Waals surface area contributed by atoms with E-state index in [9.17, 15) is 9.59 Å². The summed E-state index contributed by atoms with van der Waals surface area (Å²) in [5.74, 6) is -0.506. The van der Waals surface area contributed by atoms with Crippen molar-refractivity contribution in [2.45, 2.75) is 12.8 Å². The molecule has 0 bridgehead atoms. The van der Waals surface area contributed by atoms with Crippen molar-refractivity contribution in [3.63, 3.8) is 0 Å². The van der Waals surface area contributed by atoms with Crippen LogP contribution in [0.15, 0.2) is 54.6 Å². The highest BCUT2D eigenvalue weighted by Gasteiger charge is 2.11. The molecule has 0 aromatic heterocycles. The first-order chi connectivity index (χ1) is 10.7. The first-order valence-corrected chi connectivity index (χ1v) is 7.17. The minimum atomic E-state index is -0.335. The number of nitrogens with one attached hydrogen (secondary N) is 1. The van der Waals surface area contributed by atoms with E-state index in [0.717, 1.165) is 11.1 Å². The second-order valence-electron chi connectivity index (χ2n) is 4.90. The number of benzene rings is 2. The molecule has 1 amide bonds. The Bertz CT molecular complexity index is 638. The molecule has 0 fully saturated rings. The first-order valence-electron chi connectivity index (χ1n) is 7.17. The van der Waals surface area contributed by atoms with Gasteiger partial charge in [0, 0.05) is 12.1 Å². The molecule has 1 N–H and O–H groups in total. The normalized spacial score (nSPS) is 10.0. The Morgan fingerprint density at radius 3 is 2.41 bits per heavy atom. The molecule has 0 unspecified atom stereocenters. The third kappa shape index (κ3) is 4.45. The summed E-state index contributed by atoms with van der Waals surface area (Å²) >= 11 is 0. The zero-order valence-electron chi connectivity index (χ0n) is 12.5. The fraction of sp³-hybridized carbons (Fsp3) is 0.222. The van der Waals surface area contributed by atoms with Crippen LogP contribution < -0.4 is 5.32 Å². The average molecular weight is 297 g/mol. The molecule has 0 radical (unpaired) electrons. The highest BCUT2D eigenvalue weighted by Crippen LogP contribution is 2.14. The predicted octanol–water partition coefficient (Wildman–Crippen LogP) is 2.57. The fourth-order valence-electron chi connectivity index (χ4n) is 2.19. The highest BCUT2D eigenvalue weighted by atomic mass is 16.5. The van der Waals surface area contributed by atoms with Crippen LogP contribution in [0.25, 0.3) is 0 Å². The summed E-state index contributed by atoms with van der Waals surface area (Å²) in [4.78, 5) is 23.3. The van der Waals surface area contributed by atoms with E-state index in [0.29, 0.717) is 12.0 Å². The molecular weight excluding hydrogens is 278 g/mol. The standard InChI is InChI=1S/C18H19NO3/c1-22-17(20)11-12-19-18(21)16-10-6-5-9-15(16)13-14-7-3-2-4-8-14/h2-10H,11-13H2,1H3,(H,19,21). The molecule has 0 saturated heterocycles. The Labute approximate surface area is 130 Å². The molecular formula is C18H19NO3. The third-order valence-corrected chi connectivity index (χ3v) is 3.34. The maximum absolute atomic E-state index is 12.3. The molecule has 4 heteroatoms. The predicted molar refractivity (Wildman–Crippen MR) is 84.7 cm³/mol. The largest absolute Gasteiger partial charge is 0.469 e. The van der Waals surface area contributed by atoms with Gasteiger partial charge in [0.15, 0.2) is 0 Å². The van der Waals surface area contributed by atoms with Crippen LogP contribution in [0.5, 0.6) is 0 Å². The lowest BCUT2D eigenvalue weighted by molar-refractivity contribution is -0.140. The summed E-state index contributed by atoms with van der Waals surface area (Å²) < 4.78 is 4.55. The van der Waals surface area contributed by atoms with Crippen LogP contribution in [0.4, 0.5) is 0 Å². The van der Waals surface area contributed by atoms with E-state index in [1.54, 1.807) is 6.07 Å². The van der Waals surface area contributed by atoms with E-state index in [4.69, 9.17) is 0 Å². The van der Waals surface area contributed by atoms with Gasteiger partial charge < -0.3 is 10.1 Å². The molecule has 4 nitrogen and oxygen atoms in total. The Morgan fingerprint density at radius 2 is 1.68 bits per heavy atom. The van der Waals surface area contributed by atoms with Crippen molar-refractivity contribution in [2.24, 2.45) is 0 Å². The fourth-order valence-corrected chi connectivity index (χ4v) is 2.19. The van der Waals surface area contributed by atoms with Gasteiger partial charge in [0.2, 0.25) is 0 Å². The van der Waals surface area contributed by atoms with Crippen LogP contribution in [-0.4, -0.2) is 25.5 Å². The summed E-state index contributed by atoms with van der Waals surface area (Å²) in [6.07, 6.45) is 0.866. The summed E-state index contributed by atoms with van der Waals surface area (Å²) in [7, 11) is 1.33. The monoisotopic (exact) mass is 297 g/mol. The molecule has 114 valence electrons. The van der Waals surface area contributed by atoms with Gasteiger partial charge in [-0.25, -0.2) is 0 Å². The smallest absolute Gasteiger partial charge is 0.307 e. The van der Waals surface area contributed by atoms with Gasteiger partial charge in [0.1, 0.15) is 0 Å². The second-order valence-corrected chi connectivity index (χ2v) is 4.90. The van der Waals surface area contributed by atoms with E-state index in [1.165, 1.54) is 7.11 Å². The summed E-state index contributed by atoms with van der Waals surface area (Å²) in [6, 6.07) is 17.5. The summed E-state index contributed by atoms with van der Waals surface area (Å²) in [5, 5.41) is 2.75. The molecule has 0 aliphatic rings. The number of hydrogen-bond donors (Lipinski definition) is 1. The molecule has 2 aromatic carbocycles. The van der Waals surface area contributed by atoms with Crippen molar-refractivity contribution >= 4 is 11.9 Å². The van der Waals surface area contributed by atoms with Crippen LogP contribution in [0.1, 0.15) is 27.9 Å². The Kier molecular flexibility index (Phi) is 5.72. The van der Waals surface area contributed by atoms with Gasteiger partial charge in [-0.1, -0.05) is 48.5 Å². The Balaban J connectivity index is 2.04. The van der Waals surface area contributed by atoms with Gasteiger partial charge >= 0.3 is 5.97 Å². The number of carbonyl (C=O) groups is 2. The first kappa shape index (κ1) is 15.8. The second kappa shape index (κ2) is 7.98. The minimum absolute atomic E-state index is 0.170. The van der Waals surface area contributed by atoms with E-state index in [-0.39, 0.29) is 24.8 Å². The zero-order valence-corrected chi connectivity index (χ0v) is 12.5. The van der Waals surface area contributed by atoms with Gasteiger partial charge in [-0.3, -0.25) is 9.59 Å². The average Bonchev–Trinajstić information content (AvgIpc) is 2.56. The Morgan fingerprint density at radius 1 is 1.00 bits per heavy atom. The molecule has 2 rings (SSSR count). The van der Waals surface area contributed by atoms with Crippen molar-refractivity contribution < 1.29 is 14.3 Å². The number of rotatable bonds is 6. The SMILES string of the molecule is COC(=O)CCNC(=O)c1ccccc1Cc1ccccc1. The molecule has 0 spiro atoms. The van der Waals surface area contributed by atoms with Gasteiger partial charge in [0.05, 0.1) is 13.5 Å². The number of methoxy groups -OCH3 is 1. The van der Waals surface area contributed by atoms with Crippen molar-refractivity contribution in [1.29, 1.82) is 0 Å². The van der Waals surface area contributed by atoms with E-state index >= 15 is 0 Å². The molecule has 22 heavy (non-hydrogen) atoms. The number of esters is 1. The van der Waals surface area contributed by atoms with Crippen molar-refractivity contribution in [1.82, 2.24) is 5.32 Å². The highest BCUT2D eigenvalue weighted by molar-refractivity contribution is 5.95. The number of ether oxygens (including phenoxy) is 1. The maximum Gasteiger partial charge on any atom is 0.307 e. The number of hydrogen-bond acceptors (Lipinski definition) is 3. The molecule has 0 aliphatic heterocycles. The zero-order chi connectivity index (χ0) is 15.8. The van der Waals surface area contributed by atoms with E-state index in [1.807, 2.05) is 48.5 Å². The van der Waals surface area contributed by atoms with Crippen LogP contribution in [0.2, 0.25) is 0 Å². The third-order valence-electron chi connectivity index (χ3n) is 3.34. The minimum Gasteiger partial charge on any atom is -0.469 e. The number of amides is 1. The van der Waals surface area contributed by atoms with Crippen LogP contribution >= 0.6 is 0 Å². The molecule has 0 atom stereocenters. The number of carbonyl (C=O) groups excluding carboxylic acids is 2. The van der Waals surface area contributed by atoms with Crippen LogP contribution in [-0.2, 0) is 16.0 Å². The molecule has 2 aromatic rings. The van der Waals surface area contributed by atoms with Crippen molar-refractivity contribution in [3.8, 4) is 0 Å². The summed E-state index contributed by atoms with van der Waals surface area (Å²) in [5.41, 5.74) is 2.75. The van der Waals surface area contributed by atoms with Gasteiger partial charge in [-0.15, -0.1) is 0 Å². The lowest BCUT2D eigenvalue weighted by Gasteiger charge is -2.10. The maximum atomic E-state index is 12.3. The van der Waals surface area contributed by atoms with Crippen molar-refractivity contribution in [3.05, 3.63) is 71.3 Å². The lowest BCUT2D eigenvalue weighted by Crippen LogP contribution is -2.27. The lowest BCUT2D eigenvalue weighted by atomic mass is 9.99. The van der Waals surface area contributed by atoms with Gasteiger partial charge in [0.25, 0.3) is 5.91 Å². The Hall–Kier alpha value is -2.62. The quantitative estimate of drug-likeness (QED) is 0.834.